The lowest BCUT2D eigenvalue weighted by Crippen LogP contribution is -1.90. The Bertz CT molecular complexity index is 212. The van der Waals surface area contributed by atoms with Gasteiger partial charge >= 0.3 is 0 Å². The second kappa shape index (κ2) is 6.53. The second-order valence-corrected chi connectivity index (χ2v) is 2.52. The Kier molecular flexibility index (Phi) is 5.88. The average molecular weight is 166 g/mol. The van der Waals surface area contributed by atoms with Gasteiger partial charge in [-0.25, -0.2) is 0 Å². The van der Waals surface area contributed by atoms with E-state index in [9.17, 15) is 9.59 Å². The summed E-state index contributed by atoms with van der Waals surface area (Å²) >= 11 is 0. The lowest BCUT2D eigenvalue weighted by atomic mass is 10.2. The first-order valence-corrected chi connectivity index (χ1v) is 3.99. The minimum absolute atomic E-state index is 0.0217. The summed E-state index contributed by atoms with van der Waals surface area (Å²) in [6, 6.07) is 0. The third-order valence-corrected chi connectivity index (χ3v) is 1.26. The van der Waals surface area contributed by atoms with Crippen molar-refractivity contribution < 1.29 is 9.59 Å². The normalized spacial score (nSPS) is 11.2. The van der Waals surface area contributed by atoms with Crippen LogP contribution in [0.15, 0.2) is 24.3 Å². The Morgan fingerprint density at radius 3 is 2.42 bits per heavy atom. The molecule has 0 aromatic heterocycles. The van der Waals surface area contributed by atoms with E-state index in [0.29, 0.717) is 12.8 Å². The van der Waals surface area contributed by atoms with Crippen molar-refractivity contribution in [2.75, 3.05) is 0 Å². The van der Waals surface area contributed by atoms with E-state index in [4.69, 9.17) is 0 Å². The van der Waals surface area contributed by atoms with Crippen LogP contribution in [0.4, 0.5) is 0 Å². The summed E-state index contributed by atoms with van der Waals surface area (Å²) in [5, 5.41) is 0. The van der Waals surface area contributed by atoms with Crippen molar-refractivity contribution >= 4 is 11.6 Å². The van der Waals surface area contributed by atoms with Gasteiger partial charge in [-0.05, 0) is 32.4 Å². The number of ketones is 2. The number of allylic oxidation sites excluding steroid dienone is 4. The van der Waals surface area contributed by atoms with Crippen LogP contribution in [0.5, 0.6) is 0 Å². The average Bonchev–Trinajstić information content (AvgIpc) is 1.98. The van der Waals surface area contributed by atoms with Gasteiger partial charge in [0.25, 0.3) is 0 Å². The molecule has 0 atom stereocenters. The van der Waals surface area contributed by atoms with Gasteiger partial charge in [-0.3, -0.25) is 9.59 Å². The highest BCUT2D eigenvalue weighted by Gasteiger charge is 1.92. The zero-order chi connectivity index (χ0) is 9.40. The third kappa shape index (κ3) is 6.93. The Morgan fingerprint density at radius 1 is 1.25 bits per heavy atom. The molecule has 0 bridgehead atoms. The molecule has 0 aromatic carbocycles. The molecule has 0 aliphatic carbocycles. The second-order valence-electron chi connectivity index (χ2n) is 2.52. The summed E-state index contributed by atoms with van der Waals surface area (Å²) < 4.78 is 0. The fourth-order valence-corrected chi connectivity index (χ4v) is 0.744. The van der Waals surface area contributed by atoms with Gasteiger partial charge in [0.15, 0.2) is 11.6 Å². The van der Waals surface area contributed by atoms with Crippen LogP contribution in [0, 0.1) is 0 Å². The minimum atomic E-state index is 0.0217. The van der Waals surface area contributed by atoms with Crippen molar-refractivity contribution in [1.29, 1.82) is 0 Å². The van der Waals surface area contributed by atoms with Crippen molar-refractivity contribution in [3.63, 3.8) is 0 Å². The van der Waals surface area contributed by atoms with Gasteiger partial charge in [0, 0.05) is 6.42 Å². The molecule has 2 heteroatoms. The monoisotopic (exact) mass is 166 g/mol. The van der Waals surface area contributed by atoms with Crippen LogP contribution in [0.1, 0.15) is 26.7 Å². The van der Waals surface area contributed by atoms with E-state index in [2.05, 4.69) is 0 Å². The van der Waals surface area contributed by atoms with Crippen molar-refractivity contribution in [1.82, 2.24) is 0 Å². The van der Waals surface area contributed by atoms with Crippen LogP contribution < -0.4 is 0 Å². The molecule has 0 saturated heterocycles. The topological polar surface area (TPSA) is 34.1 Å². The first kappa shape index (κ1) is 10.8. The van der Waals surface area contributed by atoms with E-state index < -0.39 is 0 Å². The minimum Gasteiger partial charge on any atom is -0.295 e. The SMILES string of the molecule is C/C=C/C(=O)CC/C=C/C(C)=O. The highest BCUT2D eigenvalue weighted by Crippen LogP contribution is 1.94. The smallest absolute Gasteiger partial charge is 0.155 e. The molecule has 0 N–H and O–H groups in total. The number of rotatable bonds is 5. The summed E-state index contributed by atoms with van der Waals surface area (Å²) in [4.78, 5) is 21.3. The Hall–Kier alpha value is -1.18. The van der Waals surface area contributed by atoms with Crippen molar-refractivity contribution in [3.8, 4) is 0 Å². The van der Waals surface area contributed by atoms with E-state index >= 15 is 0 Å². The van der Waals surface area contributed by atoms with Crippen LogP contribution in [0.2, 0.25) is 0 Å². The molecule has 0 heterocycles. The first-order valence-electron chi connectivity index (χ1n) is 3.99. The molecule has 0 unspecified atom stereocenters. The first-order chi connectivity index (χ1) is 5.66. The summed E-state index contributed by atoms with van der Waals surface area (Å²) in [6.45, 7) is 3.30. The Labute approximate surface area is 73.0 Å². The molecular weight excluding hydrogens is 152 g/mol. The molecule has 0 radical (unpaired) electrons. The van der Waals surface area contributed by atoms with Crippen LogP contribution >= 0.6 is 0 Å². The number of hydrogen-bond donors (Lipinski definition) is 0. The predicted octanol–water partition coefficient (Wildman–Crippen LogP) is 2.06. The van der Waals surface area contributed by atoms with Gasteiger partial charge in [-0.2, -0.15) is 0 Å². The van der Waals surface area contributed by atoms with E-state index in [-0.39, 0.29) is 11.6 Å². The quantitative estimate of drug-likeness (QED) is 0.586. The summed E-state index contributed by atoms with van der Waals surface area (Å²) in [5.41, 5.74) is 0. The number of carbonyl (C=O) groups excluding carboxylic acids is 2. The molecule has 66 valence electrons. The van der Waals surface area contributed by atoms with E-state index in [1.807, 2.05) is 6.92 Å². The van der Waals surface area contributed by atoms with Gasteiger partial charge < -0.3 is 0 Å². The maximum absolute atomic E-state index is 10.9. The molecule has 0 aliphatic rings. The molecular formula is C10H14O2. The standard InChI is InChI=1S/C10H14O2/c1-3-6-10(12)8-5-4-7-9(2)11/h3-4,6-7H,5,8H2,1-2H3/b6-3+,7-4+. The Balaban J connectivity index is 3.56. The van der Waals surface area contributed by atoms with Gasteiger partial charge in [0.05, 0.1) is 0 Å². The molecule has 0 saturated carbocycles. The van der Waals surface area contributed by atoms with Gasteiger partial charge in [-0.1, -0.05) is 12.2 Å². The third-order valence-electron chi connectivity index (χ3n) is 1.26. The van der Waals surface area contributed by atoms with Crippen LogP contribution in [0.25, 0.3) is 0 Å². The lowest BCUT2D eigenvalue weighted by Gasteiger charge is -1.88. The van der Waals surface area contributed by atoms with Crippen molar-refractivity contribution in [2.45, 2.75) is 26.7 Å². The molecule has 0 fully saturated rings. The molecule has 0 aliphatic heterocycles. The van der Waals surface area contributed by atoms with Crippen LogP contribution in [-0.4, -0.2) is 11.6 Å². The highest BCUT2D eigenvalue weighted by atomic mass is 16.1. The molecule has 12 heavy (non-hydrogen) atoms. The Morgan fingerprint density at radius 2 is 1.92 bits per heavy atom. The molecule has 2 nitrogen and oxygen atoms in total. The predicted molar refractivity (Wildman–Crippen MR) is 48.9 cm³/mol. The highest BCUT2D eigenvalue weighted by molar-refractivity contribution is 5.90. The fourth-order valence-electron chi connectivity index (χ4n) is 0.744. The summed E-state index contributed by atoms with van der Waals surface area (Å²) in [6.07, 6.45) is 7.60. The largest absolute Gasteiger partial charge is 0.295 e. The van der Waals surface area contributed by atoms with Gasteiger partial charge in [-0.15, -0.1) is 0 Å². The lowest BCUT2D eigenvalue weighted by molar-refractivity contribution is -0.115. The molecule has 0 rings (SSSR count). The maximum atomic E-state index is 10.9. The molecule has 0 spiro atoms. The molecule has 0 aromatic rings. The number of hydrogen-bond acceptors (Lipinski definition) is 2. The van der Waals surface area contributed by atoms with E-state index in [0.717, 1.165) is 0 Å². The van der Waals surface area contributed by atoms with Crippen molar-refractivity contribution in [3.05, 3.63) is 24.3 Å². The summed E-state index contributed by atoms with van der Waals surface area (Å²) in [7, 11) is 0. The fraction of sp³-hybridized carbons (Fsp3) is 0.400. The number of carbonyl (C=O) groups is 2. The zero-order valence-electron chi connectivity index (χ0n) is 7.54. The van der Waals surface area contributed by atoms with Crippen LogP contribution in [-0.2, 0) is 9.59 Å². The van der Waals surface area contributed by atoms with Gasteiger partial charge in [0.1, 0.15) is 0 Å². The van der Waals surface area contributed by atoms with E-state index in [1.165, 1.54) is 13.0 Å². The maximum Gasteiger partial charge on any atom is 0.155 e. The van der Waals surface area contributed by atoms with E-state index in [1.54, 1.807) is 18.2 Å². The van der Waals surface area contributed by atoms with Gasteiger partial charge in [0.2, 0.25) is 0 Å². The van der Waals surface area contributed by atoms with Crippen LogP contribution in [0.3, 0.4) is 0 Å². The zero-order valence-corrected chi connectivity index (χ0v) is 7.54. The summed E-state index contributed by atoms with van der Waals surface area (Å²) in [5.74, 6) is 0.124. The molecule has 0 amide bonds. The van der Waals surface area contributed by atoms with Crippen molar-refractivity contribution in [2.24, 2.45) is 0 Å².